The van der Waals surface area contributed by atoms with Gasteiger partial charge in [-0.15, -0.1) is 0 Å². The van der Waals surface area contributed by atoms with Gasteiger partial charge in [0.1, 0.15) is 11.9 Å². The van der Waals surface area contributed by atoms with Crippen molar-refractivity contribution in [2.75, 3.05) is 11.9 Å². The Bertz CT molecular complexity index is 811. The van der Waals surface area contributed by atoms with Gasteiger partial charge in [-0.25, -0.2) is 0 Å². The molecule has 0 aliphatic carbocycles. The summed E-state index contributed by atoms with van der Waals surface area (Å²) in [5.74, 6) is 0.727. The van der Waals surface area contributed by atoms with E-state index < -0.39 is 0 Å². The van der Waals surface area contributed by atoms with Gasteiger partial charge in [-0.3, -0.25) is 9.89 Å². The second-order valence-electron chi connectivity index (χ2n) is 5.53. The van der Waals surface area contributed by atoms with Crippen LogP contribution in [0.25, 0.3) is 0 Å². The molecular formula is C17H16N4O2. The summed E-state index contributed by atoms with van der Waals surface area (Å²) in [6, 6.07) is 13.2. The smallest absolute Gasteiger partial charge is 0.258 e. The van der Waals surface area contributed by atoms with Crippen LogP contribution in [0.15, 0.2) is 59.3 Å². The van der Waals surface area contributed by atoms with E-state index in [-0.39, 0.29) is 12.1 Å². The predicted molar refractivity (Wildman–Crippen MR) is 84.8 cm³/mol. The number of amides is 1. The molecule has 6 heteroatoms. The summed E-state index contributed by atoms with van der Waals surface area (Å²) in [4.78, 5) is 16.9. The summed E-state index contributed by atoms with van der Waals surface area (Å²) in [6.45, 7) is 0.397. The maximum absolute atomic E-state index is 13.0. The first-order valence-corrected chi connectivity index (χ1v) is 7.40. The van der Waals surface area contributed by atoms with Crippen molar-refractivity contribution < 1.29 is 9.21 Å². The molecule has 0 bridgehead atoms. The van der Waals surface area contributed by atoms with Gasteiger partial charge in [0.25, 0.3) is 5.91 Å². The Kier molecular flexibility index (Phi) is 3.15. The molecule has 0 radical (unpaired) electrons. The lowest BCUT2D eigenvalue weighted by atomic mass is 10.0. The topological polar surface area (TPSA) is 65.4 Å². The van der Waals surface area contributed by atoms with Crippen molar-refractivity contribution in [3.8, 4) is 0 Å². The highest BCUT2D eigenvalue weighted by molar-refractivity contribution is 6.01. The van der Waals surface area contributed by atoms with Crippen molar-refractivity contribution in [2.24, 2.45) is 0 Å². The molecule has 116 valence electrons. The van der Waals surface area contributed by atoms with Gasteiger partial charge in [0.2, 0.25) is 0 Å². The van der Waals surface area contributed by atoms with Gasteiger partial charge in [0.15, 0.2) is 0 Å². The molecule has 2 aromatic heterocycles. The van der Waals surface area contributed by atoms with Gasteiger partial charge in [-0.1, -0.05) is 12.1 Å². The van der Waals surface area contributed by atoms with Gasteiger partial charge in [-0.2, -0.15) is 5.10 Å². The zero-order valence-electron chi connectivity index (χ0n) is 12.6. The molecule has 0 spiro atoms. The first-order valence-electron chi connectivity index (χ1n) is 7.40. The number of carbonyl (C=O) groups is 1. The normalized spacial score (nSPS) is 17.4. The maximum Gasteiger partial charge on any atom is 0.258 e. The third-order valence-corrected chi connectivity index (χ3v) is 4.14. The van der Waals surface area contributed by atoms with E-state index in [0.29, 0.717) is 12.1 Å². The quantitative estimate of drug-likeness (QED) is 0.808. The molecule has 1 aliphatic heterocycles. The van der Waals surface area contributed by atoms with Crippen LogP contribution < -0.4 is 4.90 Å². The van der Waals surface area contributed by atoms with Crippen LogP contribution in [0.3, 0.4) is 0 Å². The number of nitrogens with zero attached hydrogens (tertiary/aromatic N) is 3. The van der Waals surface area contributed by atoms with Crippen molar-refractivity contribution in [3.05, 3.63) is 71.9 Å². The number of furan rings is 1. The summed E-state index contributed by atoms with van der Waals surface area (Å²) in [5.41, 5.74) is 2.46. The Morgan fingerprint density at radius 3 is 2.83 bits per heavy atom. The molecule has 0 saturated heterocycles. The average Bonchev–Trinajstić information content (AvgIpc) is 3.26. The van der Waals surface area contributed by atoms with Crippen LogP contribution in [0.5, 0.6) is 0 Å². The fourth-order valence-electron chi connectivity index (χ4n) is 3.08. The number of rotatable bonds is 3. The van der Waals surface area contributed by atoms with E-state index in [1.54, 1.807) is 17.4 Å². The molecule has 1 N–H and O–H groups in total. The van der Waals surface area contributed by atoms with Crippen LogP contribution in [-0.2, 0) is 6.54 Å². The molecule has 4 rings (SSSR count). The minimum atomic E-state index is -0.259. The minimum Gasteiger partial charge on any atom is -0.467 e. The second kappa shape index (κ2) is 5.31. The highest BCUT2D eigenvalue weighted by Crippen LogP contribution is 2.37. The minimum absolute atomic E-state index is 0.0188. The molecule has 6 nitrogen and oxygen atoms in total. The van der Waals surface area contributed by atoms with Crippen molar-refractivity contribution in [1.82, 2.24) is 15.1 Å². The molecule has 3 heterocycles. The van der Waals surface area contributed by atoms with Gasteiger partial charge in [-0.05, 0) is 30.3 Å². The zero-order valence-corrected chi connectivity index (χ0v) is 12.6. The number of fused-ring (bicyclic) bond motifs is 1. The van der Waals surface area contributed by atoms with E-state index in [9.17, 15) is 4.79 Å². The Labute approximate surface area is 133 Å². The summed E-state index contributed by atoms with van der Waals surface area (Å²) < 4.78 is 5.44. The summed E-state index contributed by atoms with van der Waals surface area (Å²) in [5, 5.41) is 7.01. The van der Waals surface area contributed by atoms with Crippen molar-refractivity contribution in [1.29, 1.82) is 0 Å². The van der Waals surface area contributed by atoms with E-state index in [1.165, 1.54) is 0 Å². The van der Waals surface area contributed by atoms with Crippen LogP contribution in [0.2, 0.25) is 0 Å². The predicted octanol–water partition coefficient (Wildman–Crippen LogP) is 2.79. The van der Waals surface area contributed by atoms with Crippen LogP contribution in [0, 0.1) is 0 Å². The fraction of sp³-hybridized carbons (Fsp3) is 0.176. The Balaban J connectivity index is 1.81. The van der Waals surface area contributed by atoms with E-state index in [1.807, 2.05) is 49.5 Å². The van der Waals surface area contributed by atoms with Crippen LogP contribution >= 0.6 is 0 Å². The average molecular weight is 308 g/mol. The van der Waals surface area contributed by atoms with Gasteiger partial charge in [0.05, 0.1) is 29.8 Å². The molecule has 0 fully saturated rings. The van der Waals surface area contributed by atoms with Crippen LogP contribution in [-0.4, -0.2) is 28.1 Å². The van der Waals surface area contributed by atoms with E-state index >= 15 is 0 Å². The number of para-hydroxylation sites is 1. The summed E-state index contributed by atoms with van der Waals surface area (Å²) >= 11 is 0. The van der Waals surface area contributed by atoms with E-state index in [0.717, 1.165) is 17.1 Å². The SMILES string of the molecule is CN1c2ccccc2C(=O)N(Cc2ccco2)C1c1ccn[nH]1. The number of aromatic nitrogens is 2. The van der Waals surface area contributed by atoms with E-state index in [4.69, 9.17) is 4.42 Å². The zero-order chi connectivity index (χ0) is 15.8. The van der Waals surface area contributed by atoms with Crippen molar-refractivity contribution in [3.63, 3.8) is 0 Å². The molecular weight excluding hydrogens is 292 g/mol. The lowest BCUT2D eigenvalue weighted by Gasteiger charge is -2.42. The Morgan fingerprint density at radius 1 is 1.22 bits per heavy atom. The van der Waals surface area contributed by atoms with Crippen molar-refractivity contribution in [2.45, 2.75) is 12.7 Å². The largest absolute Gasteiger partial charge is 0.467 e. The molecule has 1 aromatic carbocycles. The van der Waals surface area contributed by atoms with Gasteiger partial charge in [0, 0.05) is 13.2 Å². The Morgan fingerprint density at radius 2 is 2.09 bits per heavy atom. The number of hydrogen-bond donors (Lipinski definition) is 1. The number of H-pyrrole nitrogens is 1. The maximum atomic E-state index is 13.0. The highest BCUT2D eigenvalue weighted by atomic mass is 16.3. The number of aromatic amines is 1. The fourth-order valence-corrected chi connectivity index (χ4v) is 3.08. The van der Waals surface area contributed by atoms with Crippen LogP contribution in [0.1, 0.15) is 28.0 Å². The molecule has 1 aliphatic rings. The summed E-state index contributed by atoms with van der Waals surface area (Å²) in [6.07, 6.45) is 3.05. The third-order valence-electron chi connectivity index (χ3n) is 4.14. The van der Waals surface area contributed by atoms with Gasteiger partial charge < -0.3 is 14.2 Å². The molecule has 0 saturated carbocycles. The van der Waals surface area contributed by atoms with Gasteiger partial charge >= 0.3 is 0 Å². The lowest BCUT2D eigenvalue weighted by Crippen LogP contribution is -2.47. The Hall–Kier alpha value is -3.02. The number of hydrogen-bond acceptors (Lipinski definition) is 4. The first kappa shape index (κ1) is 13.6. The van der Waals surface area contributed by atoms with E-state index in [2.05, 4.69) is 15.1 Å². The lowest BCUT2D eigenvalue weighted by molar-refractivity contribution is 0.0614. The molecule has 1 amide bonds. The van der Waals surface area contributed by atoms with Crippen molar-refractivity contribution >= 4 is 11.6 Å². The first-order chi connectivity index (χ1) is 11.3. The third kappa shape index (κ3) is 2.19. The second-order valence-corrected chi connectivity index (χ2v) is 5.53. The number of nitrogens with one attached hydrogen (secondary N) is 1. The highest BCUT2D eigenvalue weighted by Gasteiger charge is 2.37. The summed E-state index contributed by atoms with van der Waals surface area (Å²) in [7, 11) is 1.98. The molecule has 1 unspecified atom stereocenters. The molecule has 23 heavy (non-hydrogen) atoms. The number of benzene rings is 1. The standard InChI is InChI=1S/C17H16N4O2/c1-20-15-7-3-2-6-13(15)17(22)21(11-12-5-4-10-23-12)16(20)14-8-9-18-19-14/h2-10,16H,11H2,1H3,(H,18,19). The monoisotopic (exact) mass is 308 g/mol. The number of carbonyl (C=O) groups excluding carboxylic acids is 1. The molecule has 1 atom stereocenters. The van der Waals surface area contributed by atoms with Crippen LogP contribution in [0.4, 0.5) is 5.69 Å². The number of anilines is 1. The molecule has 3 aromatic rings.